The van der Waals surface area contributed by atoms with E-state index in [1.54, 1.807) is 12.1 Å². The topological polar surface area (TPSA) is 42.1 Å². The number of aromatic nitrogens is 1. The van der Waals surface area contributed by atoms with Crippen molar-refractivity contribution < 1.29 is 4.39 Å². The molecule has 4 heteroatoms. The van der Waals surface area contributed by atoms with Crippen molar-refractivity contribution in [3.05, 3.63) is 65.2 Å². The lowest BCUT2D eigenvalue weighted by atomic mass is 10.1. The minimum atomic E-state index is -0.192. The van der Waals surface area contributed by atoms with E-state index in [2.05, 4.69) is 16.0 Å². The fourth-order valence-corrected chi connectivity index (χ4v) is 2.61. The number of hydrogen-bond acceptors (Lipinski definition) is 3. The SMILES string of the molecule is Cc1cncc(CCC(N)CN(C)Cc2cccc(F)c2)c1. The fourth-order valence-electron chi connectivity index (χ4n) is 2.61. The highest BCUT2D eigenvalue weighted by atomic mass is 19.1. The third-order valence-electron chi connectivity index (χ3n) is 3.62. The molecule has 0 aliphatic carbocycles. The third kappa shape index (κ3) is 5.54. The van der Waals surface area contributed by atoms with E-state index in [1.807, 2.05) is 32.4 Å². The summed E-state index contributed by atoms with van der Waals surface area (Å²) in [5, 5.41) is 0. The molecule has 1 unspecified atom stereocenters. The monoisotopic (exact) mass is 301 g/mol. The van der Waals surface area contributed by atoms with Crippen LogP contribution in [0.5, 0.6) is 0 Å². The van der Waals surface area contributed by atoms with Crippen LogP contribution in [-0.2, 0) is 13.0 Å². The smallest absolute Gasteiger partial charge is 0.123 e. The normalized spacial score (nSPS) is 12.6. The van der Waals surface area contributed by atoms with Crippen molar-refractivity contribution in [2.24, 2.45) is 5.73 Å². The van der Waals surface area contributed by atoms with Gasteiger partial charge in [-0.05, 0) is 55.6 Å². The zero-order valence-electron chi connectivity index (χ0n) is 13.3. The van der Waals surface area contributed by atoms with Gasteiger partial charge < -0.3 is 10.6 Å². The van der Waals surface area contributed by atoms with Gasteiger partial charge in [-0.1, -0.05) is 18.2 Å². The zero-order chi connectivity index (χ0) is 15.9. The maximum atomic E-state index is 13.2. The van der Waals surface area contributed by atoms with Gasteiger partial charge in [-0.2, -0.15) is 0 Å². The molecule has 0 spiro atoms. The quantitative estimate of drug-likeness (QED) is 0.855. The first-order valence-corrected chi connectivity index (χ1v) is 7.62. The van der Waals surface area contributed by atoms with Gasteiger partial charge >= 0.3 is 0 Å². The van der Waals surface area contributed by atoms with Crippen LogP contribution in [0.25, 0.3) is 0 Å². The van der Waals surface area contributed by atoms with Gasteiger partial charge in [0.25, 0.3) is 0 Å². The number of pyridine rings is 1. The average Bonchev–Trinajstić information content (AvgIpc) is 2.45. The maximum Gasteiger partial charge on any atom is 0.123 e. The Hall–Kier alpha value is -1.78. The molecule has 0 bridgehead atoms. The highest BCUT2D eigenvalue weighted by Gasteiger charge is 2.08. The van der Waals surface area contributed by atoms with Crippen molar-refractivity contribution in [2.45, 2.75) is 32.4 Å². The number of nitrogens with zero attached hydrogens (tertiary/aromatic N) is 2. The molecule has 0 saturated carbocycles. The Morgan fingerprint density at radius 3 is 2.77 bits per heavy atom. The number of benzene rings is 1. The Kier molecular flexibility index (Phi) is 6.04. The van der Waals surface area contributed by atoms with E-state index in [0.717, 1.165) is 24.9 Å². The molecule has 1 aromatic heterocycles. The highest BCUT2D eigenvalue weighted by molar-refractivity contribution is 5.17. The molecule has 1 heterocycles. The van der Waals surface area contributed by atoms with E-state index in [4.69, 9.17) is 5.73 Å². The summed E-state index contributed by atoms with van der Waals surface area (Å²) >= 11 is 0. The minimum Gasteiger partial charge on any atom is -0.327 e. The van der Waals surface area contributed by atoms with E-state index in [-0.39, 0.29) is 11.9 Å². The van der Waals surface area contributed by atoms with Gasteiger partial charge in [-0.25, -0.2) is 4.39 Å². The lowest BCUT2D eigenvalue weighted by Gasteiger charge is -2.21. The summed E-state index contributed by atoms with van der Waals surface area (Å²) in [6.07, 6.45) is 5.61. The number of aryl methyl sites for hydroxylation is 2. The first kappa shape index (κ1) is 16.6. The summed E-state index contributed by atoms with van der Waals surface area (Å²) in [6.45, 7) is 3.54. The molecular formula is C18H24FN3. The molecule has 2 aromatic rings. The molecular weight excluding hydrogens is 277 g/mol. The van der Waals surface area contributed by atoms with Gasteiger partial charge in [-0.15, -0.1) is 0 Å². The second kappa shape index (κ2) is 8.01. The van der Waals surface area contributed by atoms with Crippen LogP contribution in [0, 0.1) is 12.7 Å². The third-order valence-corrected chi connectivity index (χ3v) is 3.62. The summed E-state index contributed by atoms with van der Waals surface area (Å²) in [4.78, 5) is 6.33. The van der Waals surface area contributed by atoms with E-state index < -0.39 is 0 Å². The molecule has 0 aliphatic heterocycles. The van der Waals surface area contributed by atoms with Crippen molar-refractivity contribution in [2.75, 3.05) is 13.6 Å². The van der Waals surface area contributed by atoms with Gasteiger partial charge in [0.2, 0.25) is 0 Å². The lowest BCUT2D eigenvalue weighted by molar-refractivity contribution is 0.297. The second-order valence-corrected chi connectivity index (χ2v) is 6.00. The standard InChI is InChI=1S/C18H24FN3/c1-14-8-15(11-21-10-14)6-7-18(20)13-22(2)12-16-4-3-5-17(19)9-16/h3-5,8-11,18H,6-7,12-13,20H2,1-2H3. The molecule has 22 heavy (non-hydrogen) atoms. The van der Waals surface area contributed by atoms with E-state index in [9.17, 15) is 4.39 Å². The molecule has 2 N–H and O–H groups in total. The lowest BCUT2D eigenvalue weighted by Crippen LogP contribution is -2.35. The first-order chi connectivity index (χ1) is 10.5. The number of rotatable bonds is 7. The van der Waals surface area contributed by atoms with Gasteiger partial charge in [0.05, 0.1) is 0 Å². The van der Waals surface area contributed by atoms with Gasteiger partial charge in [0.15, 0.2) is 0 Å². The van der Waals surface area contributed by atoms with Crippen LogP contribution in [0.4, 0.5) is 4.39 Å². The predicted octanol–water partition coefficient (Wildman–Crippen LogP) is 2.92. The molecule has 0 saturated heterocycles. The summed E-state index contributed by atoms with van der Waals surface area (Å²) < 4.78 is 13.2. The van der Waals surface area contributed by atoms with Crippen LogP contribution in [0.1, 0.15) is 23.1 Å². The van der Waals surface area contributed by atoms with Crippen molar-refractivity contribution in [3.8, 4) is 0 Å². The Morgan fingerprint density at radius 2 is 2.05 bits per heavy atom. The van der Waals surface area contributed by atoms with Crippen molar-refractivity contribution in [1.82, 2.24) is 9.88 Å². The van der Waals surface area contributed by atoms with Crippen LogP contribution in [-0.4, -0.2) is 29.5 Å². The molecule has 1 aromatic carbocycles. The average molecular weight is 301 g/mol. The summed E-state index contributed by atoms with van der Waals surface area (Å²) in [5.74, 6) is -0.192. The number of likely N-dealkylation sites (N-methyl/N-ethyl adjacent to an activating group) is 1. The Labute approximate surface area is 132 Å². The largest absolute Gasteiger partial charge is 0.327 e. The van der Waals surface area contributed by atoms with Crippen LogP contribution < -0.4 is 5.73 Å². The predicted molar refractivity (Wildman–Crippen MR) is 88.0 cm³/mol. The minimum absolute atomic E-state index is 0.0964. The molecule has 118 valence electrons. The Bertz CT molecular complexity index is 600. The van der Waals surface area contributed by atoms with Crippen molar-refractivity contribution >= 4 is 0 Å². The Balaban J connectivity index is 1.77. The molecule has 0 fully saturated rings. The number of hydrogen-bond donors (Lipinski definition) is 1. The van der Waals surface area contributed by atoms with Crippen molar-refractivity contribution in [3.63, 3.8) is 0 Å². The van der Waals surface area contributed by atoms with Gasteiger partial charge in [0.1, 0.15) is 5.82 Å². The fraction of sp³-hybridized carbons (Fsp3) is 0.389. The summed E-state index contributed by atoms with van der Waals surface area (Å²) in [7, 11) is 2.01. The van der Waals surface area contributed by atoms with Gasteiger partial charge in [-0.3, -0.25) is 4.98 Å². The molecule has 0 aliphatic rings. The summed E-state index contributed by atoms with van der Waals surface area (Å²) in [5.41, 5.74) is 9.58. The Morgan fingerprint density at radius 1 is 1.23 bits per heavy atom. The molecule has 2 rings (SSSR count). The van der Waals surface area contributed by atoms with Crippen molar-refractivity contribution in [1.29, 1.82) is 0 Å². The van der Waals surface area contributed by atoms with E-state index >= 15 is 0 Å². The first-order valence-electron chi connectivity index (χ1n) is 7.62. The number of nitrogens with two attached hydrogens (primary N) is 1. The van der Waals surface area contributed by atoms with Crippen LogP contribution >= 0.6 is 0 Å². The molecule has 1 atom stereocenters. The van der Waals surface area contributed by atoms with Gasteiger partial charge in [0, 0.05) is 31.5 Å². The second-order valence-electron chi connectivity index (χ2n) is 6.00. The zero-order valence-corrected chi connectivity index (χ0v) is 13.3. The van der Waals surface area contributed by atoms with E-state index in [1.165, 1.54) is 17.2 Å². The molecule has 3 nitrogen and oxygen atoms in total. The summed E-state index contributed by atoms with van der Waals surface area (Å²) in [6, 6.07) is 8.95. The van der Waals surface area contributed by atoms with E-state index in [0.29, 0.717) is 6.54 Å². The molecule has 0 radical (unpaired) electrons. The molecule has 0 amide bonds. The number of halogens is 1. The van der Waals surface area contributed by atoms with Crippen LogP contribution in [0.2, 0.25) is 0 Å². The van der Waals surface area contributed by atoms with Crippen LogP contribution in [0.15, 0.2) is 42.7 Å². The highest BCUT2D eigenvalue weighted by Crippen LogP contribution is 2.09. The maximum absolute atomic E-state index is 13.2. The van der Waals surface area contributed by atoms with Crippen LogP contribution in [0.3, 0.4) is 0 Å².